The third-order valence-corrected chi connectivity index (χ3v) is 5.92. The number of fused-ring (bicyclic) bond motifs is 4. The highest BCUT2D eigenvalue weighted by molar-refractivity contribution is 6.31. The van der Waals surface area contributed by atoms with E-state index in [-0.39, 0.29) is 24.5 Å². The maximum absolute atomic E-state index is 11.8. The maximum Gasteiger partial charge on any atom is 0.231 e. The highest BCUT2D eigenvalue weighted by Crippen LogP contribution is 2.52. The molecule has 2 aromatic carbocycles. The second kappa shape index (κ2) is 5.78. The lowest BCUT2D eigenvalue weighted by Crippen LogP contribution is -2.29. The van der Waals surface area contributed by atoms with Crippen molar-refractivity contribution in [2.24, 2.45) is 5.92 Å². The molecule has 2 aromatic rings. The van der Waals surface area contributed by atoms with Crippen LogP contribution < -0.4 is 14.8 Å². The molecule has 2 aliphatic heterocycles. The van der Waals surface area contributed by atoms with Crippen LogP contribution >= 0.6 is 11.6 Å². The molecule has 26 heavy (non-hydrogen) atoms. The fourth-order valence-electron chi connectivity index (χ4n) is 4.29. The molecular weight excluding hydrogens is 350 g/mol. The number of nitrogens with one attached hydrogen (secondary N) is 1. The Morgan fingerprint density at radius 1 is 1.15 bits per heavy atom. The predicted molar refractivity (Wildman–Crippen MR) is 100 cm³/mol. The first-order valence-corrected chi connectivity index (χ1v) is 9.17. The zero-order valence-corrected chi connectivity index (χ0v) is 15.0. The first-order chi connectivity index (χ1) is 12.6. The minimum absolute atomic E-state index is 0.0766. The van der Waals surface area contributed by atoms with E-state index in [2.05, 4.69) is 17.5 Å². The van der Waals surface area contributed by atoms with Crippen LogP contribution in [0.15, 0.2) is 42.5 Å². The Kier molecular flexibility index (Phi) is 3.50. The van der Waals surface area contributed by atoms with Crippen molar-refractivity contribution in [1.82, 2.24) is 0 Å². The first-order valence-electron chi connectivity index (χ1n) is 8.79. The summed E-state index contributed by atoms with van der Waals surface area (Å²) in [6.07, 6.45) is 5.44. The van der Waals surface area contributed by atoms with Gasteiger partial charge in [-0.05, 0) is 54.7 Å². The number of halogens is 1. The monoisotopic (exact) mass is 367 g/mol. The molecule has 0 aromatic heterocycles. The Morgan fingerprint density at radius 3 is 2.77 bits per heavy atom. The Labute approximate surface area is 156 Å². The van der Waals surface area contributed by atoms with Crippen LogP contribution in [0.25, 0.3) is 0 Å². The molecule has 132 valence electrons. The van der Waals surface area contributed by atoms with Crippen LogP contribution in [-0.2, 0) is 0 Å². The minimum Gasteiger partial charge on any atom is -0.454 e. The summed E-state index contributed by atoms with van der Waals surface area (Å²) < 4.78 is 11.0. The van der Waals surface area contributed by atoms with Crippen LogP contribution in [0.5, 0.6) is 11.5 Å². The van der Waals surface area contributed by atoms with E-state index in [0.717, 1.165) is 29.0 Å². The number of anilines is 1. The topological polar surface area (TPSA) is 47.6 Å². The standard InChI is InChI=1S/C21H18ClNO3/c1-11(24)12-5-6-18-15(7-12)13-3-2-4-14(13)21(23-18)16-8-19-20(9-17(16)22)26-10-25-19/h2-3,5-9,13-14,21,23H,4,10H2,1H3/t13-,14+,21?/m1/s1. The second-order valence-electron chi connectivity index (χ2n) is 7.06. The van der Waals surface area contributed by atoms with Crippen molar-refractivity contribution in [3.8, 4) is 11.5 Å². The molecule has 5 heteroatoms. The summed E-state index contributed by atoms with van der Waals surface area (Å²) in [6, 6.07) is 9.82. The summed E-state index contributed by atoms with van der Waals surface area (Å²) in [4.78, 5) is 11.8. The summed E-state index contributed by atoms with van der Waals surface area (Å²) in [7, 11) is 0. The van der Waals surface area contributed by atoms with Crippen molar-refractivity contribution >= 4 is 23.1 Å². The molecule has 0 radical (unpaired) electrons. The van der Waals surface area contributed by atoms with Gasteiger partial charge in [-0.3, -0.25) is 4.79 Å². The first kappa shape index (κ1) is 15.8. The number of ether oxygens (including phenoxy) is 2. The molecule has 0 bridgehead atoms. The number of benzene rings is 2. The van der Waals surface area contributed by atoms with Gasteiger partial charge < -0.3 is 14.8 Å². The summed E-state index contributed by atoms with van der Waals surface area (Å²) in [5.74, 6) is 2.15. The number of hydrogen-bond donors (Lipinski definition) is 1. The molecule has 0 amide bonds. The summed E-state index contributed by atoms with van der Waals surface area (Å²) in [5.41, 5.74) is 4.02. The molecule has 5 rings (SSSR count). The average Bonchev–Trinajstić information content (AvgIpc) is 3.29. The smallest absolute Gasteiger partial charge is 0.231 e. The van der Waals surface area contributed by atoms with Gasteiger partial charge in [0.1, 0.15) is 0 Å². The lowest BCUT2D eigenvalue weighted by Gasteiger charge is -2.38. The van der Waals surface area contributed by atoms with Gasteiger partial charge in [0.05, 0.1) is 6.04 Å². The molecule has 3 aliphatic rings. The Morgan fingerprint density at radius 2 is 1.96 bits per heavy atom. The van der Waals surface area contributed by atoms with Crippen LogP contribution in [0.4, 0.5) is 5.69 Å². The van der Waals surface area contributed by atoms with Crippen molar-refractivity contribution in [3.63, 3.8) is 0 Å². The molecule has 3 atom stereocenters. The number of rotatable bonds is 2. The van der Waals surface area contributed by atoms with Crippen molar-refractivity contribution in [2.45, 2.75) is 25.3 Å². The summed E-state index contributed by atoms with van der Waals surface area (Å²) >= 11 is 6.58. The second-order valence-corrected chi connectivity index (χ2v) is 7.47. The summed E-state index contributed by atoms with van der Waals surface area (Å²) in [6.45, 7) is 1.84. The molecule has 1 aliphatic carbocycles. The lowest BCUT2D eigenvalue weighted by molar-refractivity contribution is 0.101. The molecule has 0 saturated heterocycles. The molecule has 0 spiro atoms. The van der Waals surface area contributed by atoms with Crippen LogP contribution in [0.1, 0.15) is 46.8 Å². The van der Waals surface area contributed by atoms with Gasteiger partial charge in [0, 0.05) is 28.3 Å². The molecule has 0 fully saturated rings. The Balaban J connectivity index is 1.59. The highest BCUT2D eigenvalue weighted by Gasteiger charge is 2.39. The van der Waals surface area contributed by atoms with Gasteiger partial charge in [-0.2, -0.15) is 0 Å². The molecule has 1 N–H and O–H groups in total. The van der Waals surface area contributed by atoms with Gasteiger partial charge >= 0.3 is 0 Å². The molecule has 0 saturated carbocycles. The van der Waals surface area contributed by atoms with Crippen molar-refractivity contribution < 1.29 is 14.3 Å². The number of Topliss-reactive ketones (excluding diaryl/α,β-unsaturated/α-hetero) is 1. The normalized spacial score (nSPS) is 24.8. The van der Waals surface area contributed by atoms with E-state index in [9.17, 15) is 4.79 Å². The van der Waals surface area contributed by atoms with Crippen molar-refractivity contribution in [1.29, 1.82) is 0 Å². The van der Waals surface area contributed by atoms with E-state index >= 15 is 0 Å². The van der Waals surface area contributed by atoms with Crippen LogP contribution in [-0.4, -0.2) is 12.6 Å². The average molecular weight is 368 g/mol. The van der Waals surface area contributed by atoms with Gasteiger partial charge in [-0.1, -0.05) is 23.8 Å². The van der Waals surface area contributed by atoms with E-state index in [0.29, 0.717) is 16.7 Å². The fourth-order valence-corrected chi connectivity index (χ4v) is 4.56. The van der Waals surface area contributed by atoms with Gasteiger partial charge in [-0.15, -0.1) is 0 Å². The van der Waals surface area contributed by atoms with Gasteiger partial charge in [-0.25, -0.2) is 0 Å². The number of allylic oxidation sites excluding steroid dienone is 2. The minimum atomic E-state index is 0.0766. The van der Waals surface area contributed by atoms with Gasteiger partial charge in [0.2, 0.25) is 6.79 Å². The largest absolute Gasteiger partial charge is 0.454 e. The number of ketones is 1. The maximum atomic E-state index is 11.8. The number of carbonyl (C=O) groups excluding carboxylic acids is 1. The molecule has 2 heterocycles. The van der Waals surface area contributed by atoms with Crippen molar-refractivity contribution in [3.05, 3.63) is 64.2 Å². The van der Waals surface area contributed by atoms with Crippen LogP contribution in [0.2, 0.25) is 5.02 Å². The molecule has 4 nitrogen and oxygen atoms in total. The van der Waals surface area contributed by atoms with E-state index < -0.39 is 0 Å². The molecule has 1 unspecified atom stereocenters. The third kappa shape index (κ3) is 2.32. The summed E-state index contributed by atoms with van der Waals surface area (Å²) in [5, 5.41) is 4.33. The molecular formula is C21H18ClNO3. The predicted octanol–water partition coefficient (Wildman–Crippen LogP) is 5.10. The van der Waals surface area contributed by atoms with Crippen LogP contribution in [0.3, 0.4) is 0 Å². The van der Waals surface area contributed by atoms with Crippen molar-refractivity contribution in [2.75, 3.05) is 12.1 Å². The van der Waals surface area contributed by atoms with Gasteiger partial charge in [0.15, 0.2) is 17.3 Å². The SMILES string of the molecule is CC(=O)c1ccc2c(c1)[C@@H]1C=CC[C@@H]1C(c1cc3c(cc1Cl)OCO3)N2. The lowest BCUT2D eigenvalue weighted by atomic mass is 9.76. The fraction of sp³-hybridized carbons (Fsp3) is 0.286. The Hall–Kier alpha value is -2.46. The Bertz CT molecular complexity index is 953. The zero-order chi connectivity index (χ0) is 17.8. The van der Waals surface area contributed by atoms with E-state index in [1.807, 2.05) is 30.3 Å². The highest BCUT2D eigenvalue weighted by atomic mass is 35.5. The van der Waals surface area contributed by atoms with E-state index in [4.69, 9.17) is 21.1 Å². The van der Waals surface area contributed by atoms with E-state index in [1.54, 1.807) is 6.92 Å². The quantitative estimate of drug-likeness (QED) is 0.592. The van der Waals surface area contributed by atoms with Gasteiger partial charge in [0.25, 0.3) is 0 Å². The third-order valence-electron chi connectivity index (χ3n) is 5.60. The van der Waals surface area contributed by atoms with Crippen LogP contribution in [0, 0.1) is 5.92 Å². The number of carbonyl (C=O) groups is 1. The van der Waals surface area contributed by atoms with E-state index in [1.165, 1.54) is 5.56 Å². The zero-order valence-electron chi connectivity index (χ0n) is 14.3. The number of hydrogen-bond acceptors (Lipinski definition) is 4.